The molecule has 29 heavy (non-hydrogen) atoms. The summed E-state index contributed by atoms with van der Waals surface area (Å²) >= 11 is 3.45. The highest BCUT2D eigenvalue weighted by Gasteiger charge is 2.42. The first kappa shape index (κ1) is 19.9. The summed E-state index contributed by atoms with van der Waals surface area (Å²) in [5.41, 5.74) is 1.58. The molecule has 2 aromatic carbocycles. The molecule has 0 spiro atoms. The highest BCUT2D eigenvalue weighted by Crippen LogP contribution is 2.38. The topological polar surface area (TPSA) is 59.8 Å². The Hall–Kier alpha value is -2.44. The van der Waals surface area contributed by atoms with Crippen LogP contribution in [0.15, 0.2) is 62.2 Å². The Kier molecular flexibility index (Phi) is 5.56. The van der Waals surface area contributed by atoms with Crippen LogP contribution < -0.4 is 5.43 Å². The number of amides is 1. The molecule has 0 saturated heterocycles. The summed E-state index contributed by atoms with van der Waals surface area (Å²) in [6.45, 7) is 4.99. The van der Waals surface area contributed by atoms with Crippen LogP contribution in [-0.2, 0) is 4.74 Å². The number of fused-ring (bicyclic) bond motifs is 2. The Balaban J connectivity index is 1.79. The van der Waals surface area contributed by atoms with Gasteiger partial charge in [-0.15, -0.1) is 0 Å². The maximum absolute atomic E-state index is 13.3. The lowest BCUT2D eigenvalue weighted by molar-refractivity contribution is 0.0593. The van der Waals surface area contributed by atoms with Gasteiger partial charge in [-0.25, -0.2) is 0 Å². The number of hydrogen-bond acceptors (Lipinski definition) is 4. The van der Waals surface area contributed by atoms with Crippen molar-refractivity contribution in [3.63, 3.8) is 0 Å². The molecular formula is C23H22BrNO4. The third-order valence-electron chi connectivity index (χ3n) is 5.05. The van der Waals surface area contributed by atoms with Crippen LogP contribution in [0.1, 0.15) is 48.0 Å². The highest BCUT2D eigenvalue weighted by atomic mass is 79.9. The van der Waals surface area contributed by atoms with Gasteiger partial charge in [0.05, 0.1) is 23.1 Å². The zero-order valence-corrected chi connectivity index (χ0v) is 17.9. The zero-order chi connectivity index (χ0) is 20.5. The summed E-state index contributed by atoms with van der Waals surface area (Å²) in [6, 6.07) is 14.3. The Morgan fingerprint density at radius 2 is 1.83 bits per heavy atom. The van der Waals surface area contributed by atoms with Crippen LogP contribution in [0.3, 0.4) is 0 Å². The number of para-hydroxylation sites is 1. The Morgan fingerprint density at radius 3 is 2.55 bits per heavy atom. The summed E-state index contributed by atoms with van der Waals surface area (Å²) in [4.78, 5) is 28.2. The van der Waals surface area contributed by atoms with Crippen molar-refractivity contribution in [2.24, 2.45) is 0 Å². The monoisotopic (exact) mass is 455 g/mol. The average Bonchev–Trinajstić information content (AvgIpc) is 2.98. The van der Waals surface area contributed by atoms with Gasteiger partial charge in [0.25, 0.3) is 5.91 Å². The molecule has 4 rings (SSSR count). The molecule has 150 valence electrons. The van der Waals surface area contributed by atoms with Gasteiger partial charge >= 0.3 is 0 Å². The van der Waals surface area contributed by atoms with Crippen LogP contribution in [0.5, 0.6) is 0 Å². The fourth-order valence-electron chi connectivity index (χ4n) is 3.74. The molecule has 0 N–H and O–H groups in total. The van der Waals surface area contributed by atoms with Crippen LogP contribution in [0.4, 0.5) is 0 Å². The maximum Gasteiger partial charge on any atom is 0.290 e. The lowest BCUT2D eigenvalue weighted by Gasteiger charge is -2.25. The van der Waals surface area contributed by atoms with Crippen molar-refractivity contribution in [2.75, 3.05) is 13.2 Å². The van der Waals surface area contributed by atoms with E-state index in [-0.39, 0.29) is 23.2 Å². The van der Waals surface area contributed by atoms with Gasteiger partial charge in [-0.05, 0) is 50.1 Å². The van der Waals surface area contributed by atoms with E-state index < -0.39 is 6.04 Å². The molecule has 3 aromatic rings. The molecule has 0 fully saturated rings. The molecular weight excluding hydrogens is 434 g/mol. The van der Waals surface area contributed by atoms with Crippen molar-refractivity contribution in [1.29, 1.82) is 0 Å². The maximum atomic E-state index is 13.3. The molecule has 0 radical (unpaired) electrons. The summed E-state index contributed by atoms with van der Waals surface area (Å²) < 4.78 is 12.5. The molecule has 5 nitrogen and oxygen atoms in total. The molecule has 0 aliphatic carbocycles. The molecule has 1 aromatic heterocycles. The number of carbonyl (C=O) groups excluding carboxylic acids is 1. The molecule has 1 aliphatic rings. The fourth-order valence-corrected chi connectivity index (χ4v) is 4.01. The number of halogens is 1. The zero-order valence-electron chi connectivity index (χ0n) is 16.4. The Bertz CT molecular complexity index is 1100. The predicted octanol–water partition coefficient (Wildman–Crippen LogP) is 4.92. The van der Waals surface area contributed by atoms with Gasteiger partial charge in [-0.3, -0.25) is 9.59 Å². The van der Waals surface area contributed by atoms with Crippen LogP contribution in [0, 0.1) is 0 Å². The largest absolute Gasteiger partial charge is 0.450 e. The minimum atomic E-state index is -0.467. The molecule has 1 amide bonds. The predicted molar refractivity (Wildman–Crippen MR) is 115 cm³/mol. The van der Waals surface area contributed by atoms with E-state index in [0.29, 0.717) is 36.1 Å². The van der Waals surface area contributed by atoms with Gasteiger partial charge in [-0.2, -0.15) is 0 Å². The summed E-state index contributed by atoms with van der Waals surface area (Å²) in [5.74, 6) is -0.105. The van der Waals surface area contributed by atoms with E-state index >= 15 is 0 Å². The van der Waals surface area contributed by atoms with Crippen molar-refractivity contribution in [2.45, 2.75) is 32.4 Å². The molecule has 1 atom stereocenters. The van der Waals surface area contributed by atoms with Gasteiger partial charge in [0.2, 0.25) is 5.76 Å². The number of rotatable bonds is 6. The van der Waals surface area contributed by atoms with E-state index in [1.807, 2.05) is 38.1 Å². The van der Waals surface area contributed by atoms with Crippen LogP contribution in [0.25, 0.3) is 11.0 Å². The second-order valence-corrected chi connectivity index (χ2v) is 8.31. The summed E-state index contributed by atoms with van der Waals surface area (Å²) in [6.07, 6.45) is 0.816. The minimum Gasteiger partial charge on any atom is -0.450 e. The number of nitrogens with zero attached hydrogens (tertiary/aromatic N) is 1. The number of ether oxygens (including phenoxy) is 1. The van der Waals surface area contributed by atoms with Crippen molar-refractivity contribution < 1.29 is 13.9 Å². The van der Waals surface area contributed by atoms with Crippen molar-refractivity contribution in [3.8, 4) is 0 Å². The third-order valence-corrected chi connectivity index (χ3v) is 5.58. The number of carbonyl (C=O) groups is 1. The minimum absolute atomic E-state index is 0.136. The van der Waals surface area contributed by atoms with E-state index in [4.69, 9.17) is 9.15 Å². The van der Waals surface area contributed by atoms with Crippen LogP contribution >= 0.6 is 15.9 Å². The lowest BCUT2D eigenvalue weighted by Crippen LogP contribution is -2.31. The van der Waals surface area contributed by atoms with Crippen LogP contribution in [-0.4, -0.2) is 30.1 Å². The molecule has 0 saturated carbocycles. The van der Waals surface area contributed by atoms with Crippen molar-refractivity contribution in [1.82, 2.24) is 4.90 Å². The molecule has 6 heteroatoms. The quantitative estimate of drug-likeness (QED) is 0.495. The van der Waals surface area contributed by atoms with Crippen molar-refractivity contribution in [3.05, 3.63) is 80.1 Å². The average molecular weight is 456 g/mol. The van der Waals surface area contributed by atoms with Gasteiger partial charge < -0.3 is 14.1 Å². The first-order valence-corrected chi connectivity index (χ1v) is 10.5. The van der Waals surface area contributed by atoms with E-state index in [1.165, 1.54) is 0 Å². The number of benzene rings is 2. The smallest absolute Gasteiger partial charge is 0.290 e. The van der Waals surface area contributed by atoms with Gasteiger partial charge in [0.15, 0.2) is 5.43 Å². The standard InChI is InChI=1S/C23H22BrNO4/c1-14(2)28-13-5-12-25-20(15-8-10-16(24)11-9-15)19-21(26)17-6-3-4-7-18(17)29-22(19)23(25)27/h3-4,6-11,14,20H,5,12-13H2,1-2H3/t20-/m1/s1. The van der Waals surface area contributed by atoms with E-state index in [0.717, 1.165) is 10.0 Å². The van der Waals surface area contributed by atoms with Gasteiger partial charge in [0, 0.05) is 17.6 Å². The van der Waals surface area contributed by atoms with E-state index in [2.05, 4.69) is 15.9 Å². The molecule has 0 unspecified atom stereocenters. The molecule has 0 bridgehead atoms. The molecule has 2 heterocycles. The Labute approximate surface area is 177 Å². The first-order valence-electron chi connectivity index (χ1n) is 9.71. The van der Waals surface area contributed by atoms with Gasteiger partial charge in [-0.1, -0.05) is 40.2 Å². The van der Waals surface area contributed by atoms with E-state index in [1.54, 1.807) is 29.2 Å². The fraction of sp³-hybridized carbons (Fsp3) is 0.304. The lowest BCUT2D eigenvalue weighted by atomic mass is 9.98. The second-order valence-electron chi connectivity index (χ2n) is 7.40. The number of hydrogen-bond donors (Lipinski definition) is 0. The van der Waals surface area contributed by atoms with Crippen molar-refractivity contribution >= 4 is 32.8 Å². The highest BCUT2D eigenvalue weighted by molar-refractivity contribution is 9.10. The Morgan fingerprint density at radius 1 is 1.10 bits per heavy atom. The normalized spacial score (nSPS) is 16.1. The van der Waals surface area contributed by atoms with Gasteiger partial charge in [0.1, 0.15) is 5.58 Å². The third kappa shape index (κ3) is 3.74. The SMILES string of the molecule is CC(C)OCCCN1C(=O)c2oc3ccccc3c(=O)c2[C@H]1c1ccc(Br)cc1. The summed E-state index contributed by atoms with van der Waals surface area (Å²) in [7, 11) is 0. The second kappa shape index (κ2) is 8.13. The summed E-state index contributed by atoms with van der Waals surface area (Å²) in [5, 5.41) is 0.492. The first-order chi connectivity index (χ1) is 14.0. The van der Waals surface area contributed by atoms with Crippen LogP contribution in [0.2, 0.25) is 0 Å². The van der Waals surface area contributed by atoms with E-state index in [9.17, 15) is 9.59 Å². The molecule has 1 aliphatic heterocycles.